The zero-order chi connectivity index (χ0) is 24.1. The summed E-state index contributed by atoms with van der Waals surface area (Å²) < 4.78 is 43.3. The van der Waals surface area contributed by atoms with Crippen LogP contribution >= 0.6 is 0 Å². The minimum atomic E-state index is -4.36. The zero-order valence-corrected chi connectivity index (χ0v) is 19.9. The highest BCUT2D eigenvalue weighted by Crippen LogP contribution is 2.34. The number of nitrogens with two attached hydrogens (primary N) is 1. The van der Waals surface area contributed by atoms with Crippen LogP contribution in [0.3, 0.4) is 0 Å². The van der Waals surface area contributed by atoms with Gasteiger partial charge in [-0.3, -0.25) is 0 Å². The smallest absolute Gasteiger partial charge is 0.333 e. The molecule has 0 spiro atoms. The maximum Gasteiger partial charge on any atom is 0.333 e. The van der Waals surface area contributed by atoms with Crippen LogP contribution in [0.15, 0.2) is 22.2 Å². The highest BCUT2D eigenvalue weighted by molar-refractivity contribution is 7.94. The second-order valence-electron chi connectivity index (χ2n) is 7.73. The van der Waals surface area contributed by atoms with Crippen LogP contribution in [0, 0.1) is 0 Å². The van der Waals surface area contributed by atoms with Crippen molar-refractivity contribution < 1.29 is 27.4 Å². The lowest BCUT2D eigenvalue weighted by molar-refractivity contribution is 0.0507. The third-order valence-electron chi connectivity index (χ3n) is 4.73. The summed E-state index contributed by atoms with van der Waals surface area (Å²) >= 11 is 0. The summed E-state index contributed by atoms with van der Waals surface area (Å²) in [5, 5.41) is 2.63. The predicted octanol–water partition coefficient (Wildman–Crippen LogP) is 2.03. The Morgan fingerprint density at radius 1 is 1.28 bits per heavy atom. The van der Waals surface area contributed by atoms with Crippen molar-refractivity contribution in [3.63, 3.8) is 0 Å². The minimum Gasteiger partial charge on any atom is -0.481 e. The topological polar surface area (TPSA) is 154 Å². The minimum absolute atomic E-state index is 0.00882. The first-order valence-corrected chi connectivity index (χ1v) is 11.6. The van der Waals surface area contributed by atoms with Gasteiger partial charge in [0.1, 0.15) is 12.7 Å². The van der Waals surface area contributed by atoms with Gasteiger partial charge in [-0.05, 0) is 17.4 Å². The number of carbonyl (C=O) groups excluding carboxylic acids is 1. The number of anilines is 1. The Balaban J connectivity index is 2.31. The van der Waals surface area contributed by atoms with Crippen molar-refractivity contribution >= 4 is 27.6 Å². The van der Waals surface area contributed by atoms with Crippen LogP contribution in [0.4, 0.5) is 10.5 Å². The number of hydrogen-bond donors (Lipinski definition) is 3. The Labute approximate surface area is 188 Å². The fourth-order valence-corrected chi connectivity index (χ4v) is 3.95. The molecule has 0 unspecified atom stereocenters. The number of hydrogen-bond acceptors (Lipinski definition) is 9. The van der Waals surface area contributed by atoms with E-state index in [1.54, 1.807) is 6.07 Å². The molecule has 0 fully saturated rings. The van der Waals surface area contributed by atoms with Crippen molar-refractivity contribution in [2.45, 2.75) is 45.6 Å². The van der Waals surface area contributed by atoms with Gasteiger partial charge < -0.3 is 25.3 Å². The van der Waals surface area contributed by atoms with Crippen LogP contribution in [0.5, 0.6) is 5.88 Å². The van der Waals surface area contributed by atoms with Crippen molar-refractivity contribution in [1.82, 2.24) is 9.71 Å². The molecule has 2 amide bonds. The number of sulfonamides is 1. The third-order valence-corrected chi connectivity index (χ3v) is 6.07. The van der Waals surface area contributed by atoms with Crippen molar-refractivity contribution in [1.29, 1.82) is 0 Å². The summed E-state index contributed by atoms with van der Waals surface area (Å²) in [6, 6.07) is 0.745. The van der Waals surface area contributed by atoms with Crippen molar-refractivity contribution in [3.8, 4) is 5.88 Å². The van der Waals surface area contributed by atoms with E-state index in [-0.39, 0.29) is 37.0 Å². The Bertz CT molecular complexity index is 975. The second kappa shape index (κ2) is 10.6. The van der Waals surface area contributed by atoms with E-state index in [2.05, 4.69) is 15.3 Å². The summed E-state index contributed by atoms with van der Waals surface area (Å²) in [6.45, 7) is 8.03. The number of amides is 2. The Morgan fingerprint density at radius 3 is 2.44 bits per heavy atom. The van der Waals surface area contributed by atoms with E-state index in [1.807, 2.05) is 32.4 Å². The number of carbonyl (C=O) groups is 1. The van der Waals surface area contributed by atoms with Crippen molar-refractivity contribution in [3.05, 3.63) is 28.4 Å². The number of aliphatic imine (C=N–C) groups is 1. The molecule has 1 aliphatic rings. The standard InChI is InChI=1S/C20H31N5O6S/c1-11(2)14-7-16(30-6)23-17(12(3)4)18(14)24-20(26)25-32(27,28)15(8-21)19-22-9-13(29-5)10-31-19/h7-8,11-13H,9-10,21H2,1-6H3,(H2,24,25,26)/t13-/m0/s1. The van der Waals surface area contributed by atoms with Crippen LogP contribution in [-0.2, 0) is 19.5 Å². The van der Waals surface area contributed by atoms with E-state index in [0.717, 1.165) is 11.8 Å². The molecule has 0 aromatic carbocycles. The largest absolute Gasteiger partial charge is 0.481 e. The molecule has 1 aromatic heterocycles. The maximum absolute atomic E-state index is 12.8. The Morgan fingerprint density at radius 2 is 1.97 bits per heavy atom. The van der Waals surface area contributed by atoms with Gasteiger partial charge in [0.05, 0.1) is 25.0 Å². The Hall–Kier alpha value is -2.86. The first kappa shape index (κ1) is 25.4. The molecule has 1 atom stereocenters. The molecule has 2 rings (SSSR count). The Kier molecular flexibility index (Phi) is 8.44. The van der Waals surface area contributed by atoms with Crippen LogP contribution < -0.4 is 20.5 Å². The molecule has 0 saturated heterocycles. The first-order valence-electron chi connectivity index (χ1n) is 10.1. The van der Waals surface area contributed by atoms with Gasteiger partial charge in [-0.2, -0.15) is 0 Å². The van der Waals surface area contributed by atoms with Crippen molar-refractivity contribution in [2.24, 2.45) is 10.7 Å². The molecular formula is C20H31N5O6S. The van der Waals surface area contributed by atoms with Gasteiger partial charge in [0.25, 0.3) is 10.0 Å². The number of pyridine rings is 1. The lowest BCUT2D eigenvalue weighted by Gasteiger charge is -2.22. The molecule has 0 bridgehead atoms. The average molecular weight is 470 g/mol. The SMILES string of the molecule is COc1cc(C(C)C)c(NC(=O)NS(=O)(=O)C(=CN)C2=NC[C@H](OC)CO2)c(C(C)C)n1. The zero-order valence-electron chi connectivity index (χ0n) is 19.1. The number of rotatable bonds is 8. The quantitative estimate of drug-likeness (QED) is 0.522. The van der Waals surface area contributed by atoms with Crippen LogP contribution in [-0.4, -0.2) is 58.8 Å². The number of nitrogens with one attached hydrogen (secondary N) is 2. The number of urea groups is 1. The molecule has 11 nitrogen and oxygen atoms in total. The van der Waals surface area contributed by atoms with Gasteiger partial charge >= 0.3 is 6.03 Å². The number of aromatic nitrogens is 1. The molecular weight excluding hydrogens is 438 g/mol. The normalized spacial score (nSPS) is 17.1. The summed E-state index contributed by atoms with van der Waals surface area (Å²) in [5.74, 6) is 0.173. The summed E-state index contributed by atoms with van der Waals surface area (Å²) in [4.78, 5) is 20.7. The first-order chi connectivity index (χ1) is 15.0. The van der Waals surface area contributed by atoms with E-state index in [0.29, 0.717) is 17.3 Å². The van der Waals surface area contributed by atoms with E-state index in [4.69, 9.17) is 19.9 Å². The predicted molar refractivity (Wildman–Crippen MR) is 121 cm³/mol. The fraction of sp³-hybridized carbons (Fsp3) is 0.550. The lowest BCUT2D eigenvalue weighted by atomic mass is 9.97. The molecule has 4 N–H and O–H groups in total. The average Bonchev–Trinajstić information content (AvgIpc) is 2.73. The van der Waals surface area contributed by atoms with E-state index in [1.165, 1.54) is 14.2 Å². The van der Waals surface area contributed by atoms with Gasteiger partial charge in [-0.1, -0.05) is 27.7 Å². The highest BCUT2D eigenvalue weighted by Gasteiger charge is 2.30. The second-order valence-corrected chi connectivity index (χ2v) is 9.38. The monoisotopic (exact) mass is 469 g/mol. The third kappa shape index (κ3) is 5.88. The highest BCUT2D eigenvalue weighted by atomic mass is 32.2. The lowest BCUT2D eigenvalue weighted by Crippen LogP contribution is -2.39. The van der Waals surface area contributed by atoms with Gasteiger partial charge in [-0.25, -0.2) is 27.9 Å². The van der Waals surface area contributed by atoms with Crippen LogP contribution in [0.25, 0.3) is 0 Å². The molecule has 0 aliphatic carbocycles. The van der Waals surface area contributed by atoms with E-state index < -0.39 is 21.0 Å². The van der Waals surface area contributed by atoms with Gasteiger partial charge in [0.15, 0.2) is 4.91 Å². The van der Waals surface area contributed by atoms with Crippen molar-refractivity contribution in [2.75, 3.05) is 32.7 Å². The summed E-state index contributed by atoms with van der Waals surface area (Å²) in [7, 11) is -1.35. The van der Waals surface area contributed by atoms with E-state index >= 15 is 0 Å². The fourth-order valence-electron chi connectivity index (χ4n) is 3.01. The summed E-state index contributed by atoms with van der Waals surface area (Å²) in [6.07, 6.45) is 0.540. The van der Waals surface area contributed by atoms with Crippen LogP contribution in [0.2, 0.25) is 0 Å². The molecule has 12 heteroatoms. The summed E-state index contributed by atoms with van der Waals surface area (Å²) in [5.41, 5.74) is 7.27. The maximum atomic E-state index is 12.8. The van der Waals surface area contributed by atoms with Gasteiger partial charge in [0, 0.05) is 19.4 Å². The number of ether oxygens (including phenoxy) is 3. The van der Waals surface area contributed by atoms with Gasteiger partial charge in [0.2, 0.25) is 11.8 Å². The molecule has 2 heterocycles. The molecule has 0 saturated carbocycles. The van der Waals surface area contributed by atoms with Crippen LogP contribution in [0.1, 0.15) is 50.8 Å². The molecule has 32 heavy (non-hydrogen) atoms. The number of nitrogens with zero attached hydrogens (tertiary/aromatic N) is 2. The molecule has 1 aliphatic heterocycles. The molecule has 178 valence electrons. The van der Waals surface area contributed by atoms with E-state index in [9.17, 15) is 13.2 Å². The molecule has 0 radical (unpaired) electrons. The van der Waals surface area contributed by atoms with Gasteiger partial charge in [-0.15, -0.1) is 0 Å². The molecule has 1 aromatic rings. The number of methoxy groups -OCH3 is 2.